The number of carbonyl (C=O) groups excluding carboxylic acids is 1. The van der Waals surface area contributed by atoms with E-state index in [1.807, 2.05) is 63.4 Å². The van der Waals surface area contributed by atoms with Crippen molar-refractivity contribution < 1.29 is 9.53 Å². The van der Waals surface area contributed by atoms with Crippen LogP contribution >= 0.6 is 11.6 Å². The molecule has 5 N–H and O–H groups in total. The van der Waals surface area contributed by atoms with Crippen molar-refractivity contribution in [2.45, 2.75) is 64.6 Å². The Bertz CT molecular complexity index is 1600. The van der Waals surface area contributed by atoms with Gasteiger partial charge in [-0.15, -0.1) is 0 Å². The summed E-state index contributed by atoms with van der Waals surface area (Å²) in [5.74, 6) is 0.892. The molecule has 41 heavy (non-hydrogen) atoms. The van der Waals surface area contributed by atoms with E-state index in [4.69, 9.17) is 22.1 Å². The van der Waals surface area contributed by atoms with E-state index in [-0.39, 0.29) is 17.7 Å². The van der Waals surface area contributed by atoms with Crippen molar-refractivity contribution in [3.63, 3.8) is 0 Å². The number of pyridine rings is 1. The molecule has 0 spiro atoms. The normalized spacial score (nSPS) is 17.4. The number of nitrogens with zero attached hydrogens (tertiary/aromatic N) is 2. The second-order valence-corrected chi connectivity index (χ2v) is 12.3. The van der Waals surface area contributed by atoms with E-state index in [2.05, 4.69) is 26.9 Å². The fourth-order valence-electron chi connectivity index (χ4n) is 5.39. The number of halogens is 1. The Hall–Kier alpha value is -3.98. The molecule has 2 heterocycles. The number of alkyl carbamates (subject to hydrolysis) is 1. The van der Waals surface area contributed by atoms with Crippen molar-refractivity contribution in [3.05, 3.63) is 75.7 Å². The van der Waals surface area contributed by atoms with E-state index in [1.165, 1.54) is 0 Å². The van der Waals surface area contributed by atoms with Gasteiger partial charge in [0, 0.05) is 35.6 Å². The van der Waals surface area contributed by atoms with E-state index in [0.717, 1.165) is 65.5 Å². The largest absolute Gasteiger partial charge is 0.444 e. The number of benzene rings is 2. The molecule has 9 nitrogen and oxygen atoms in total. The van der Waals surface area contributed by atoms with Crippen LogP contribution < -0.4 is 21.9 Å². The Morgan fingerprint density at radius 3 is 2.63 bits per heavy atom. The molecule has 10 heteroatoms. The summed E-state index contributed by atoms with van der Waals surface area (Å²) in [6, 6.07) is 15.1. The Balaban J connectivity index is 1.30. The van der Waals surface area contributed by atoms with E-state index in [1.54, 1.807) is 10.6 Å². The average Bonchev–Trinajstić information content (AvgIpc) is 3.29. The number of nitrogen functional groups attached to an aromatic ring is 1. The predicted molar refractivity (Wildman–Crippen MR) is 164 cm³/mol. The summed E-state index contributed by atoms with van der Waals surface area (Å²) in [5.41, 5.74) is 10.1. The maximum absolute atomic E-state index is 12.7. The van der Waals surface area contributed by atoms with Crippen molar-refractivity contribution >= 4 is 40.1 Å². The van der Waals surface area contributed by atoms with Gasteiger partial charge in [-0.05, 0) is 99.4 Å². The number of nitrogens with two attached hydrogens (primary N) is 1. The Labute approximate surface area is 244 Å². The lowest BCUT2D eigenvalue weighted by Gasteiger charge is -2.30. The molecule has 1 aliphatic rings. The lowest BCUT2D eigenvalue weighted by molar-refractivity contribution is 0.0488. The third kappa shape index (κ3) is 7.21. The molecule has 1 amide bonds. The van der Waals surface area contributed by atoms with Crippen LogP contribution in [0.3, 0.4) is 0 Å². The molecule has 1 fully saturated rings. The van der Waals surface area contributed by atoms with Crippen molar-refractivity contribution in [3.8, 4) is 11.1 Å². The second-order valence-electron chi connectivity index (χ2n) is 11.8. The van der Waals surface area contributed by atoms with Crippen LogP contribution in [0.1, 0.15) is 52.0 Å². The maximum atomic E-state index is 12.7. The highest BCUT2D eigenvalue weighted by Crippen LogP contribution is 2.34. The molecule has 216 valence electrons. The zero-order valence-electron chi connectivity index (χ0n) is 23.7. The minimum absolute atomic E-state index is 0.0873. The first-order chi connectivity index (χ1) is 19.5. The summed E-state index contributed by atoms with van der Waals surface area (Å²) in [7, 11) is 0. The van der Waals surface area contributed by atoms with Gasteiger partial charge in [0.2, 0.25) is 0 Å². The van der Waals surface area contributed by atoms with Gasteiger partial charge in [-0.25, -0.2) is 4.79 Å². The molecule has 1 saturated carbocycles. The number of aromatic amines is 1. The number of ether oxygens (including phenoxy) is 1. The topological polar surface area (TPSA) is 127 Å². The molecule has 2 aromatic carbocycles. The SMILES string of the molecule is CC(C)(C)OC(=O)N[C@H]1CC[C@H](CNc2cc(-c3ccc(=O)n(Cc4cccc(Cl)c4)c3)cc3[nH]nc(N)c23)CC1. The summed E-state index contributed by atoms with van der Waals surface area (Å²) < 4.78 is 7.09. The van der Waals surface area contributed by atoms with Crippen LogP contribution in [0, 0.1) is 5.92 Å². The summed E-state index contributed by atoms with van der Waals surface area (Å²) in [5, 5.41) is 15.4. The summed E-state index contributed by atoms with van der Waals surface area (Å²) >= 11 is 6.15. The number of carbonyl (C=O) groups is 1. The standard InChI is InChI=1S/C31H37ClN6O3/c1-31(2,3)41-30(40)35-24-10-7-19(8-11-24)16-34-25-14-22(15-26-28(25)29(33)37-36-26)21-9-12-27(39)38(18-21)17-20-5-4-6-23(32)13-20/h4-6,9,12-15,18-19,24,34H,7-8,10-11,16-17H2,1-3H3,(H,35,40)(H3,33,36,37)/t19-,24-. The van der Waals surface area contributed by atoms with Crippen molar-refractivity contribution in [2.75, 3.05) is 17.6 Å². The van der Waals surface area contributed by atoms with Gasteiger partial charge in [-0.3, -0.25) is 9.89 Å². The molecule has 0 saturated heterocycles. The number of anilines is 2. The molecule has 4 aromatic rings. The zero-order chi connectivity index (χ0) is 29.1. The van der Waals surface area contributed by atoms with Gasteiger partial charge in [0.05, 0.1) is 17.4 Å². The van der Waals surface area contributed by atoms with E-state index < -0.39 is 5.60 Å². The molecule has 0 atom stereocenters. The summed E-state index contributed by atoms with van der Waals surface area (Å²) in [6.07, 6.45) is 5.31. The monoisotopic (exact) mass is 576 g/mol. The molecule has 0 radical (unpaired) electrons. The van der Waals surface area contributed by atoms with Crippen molar-refractivity contribution in [1.29, 1.82) is 0 Å². The Morgan fingerprint density at radius 2 is 1.90 bits per heavy atom. The highest BCUT2D eigenvalue weighted by Gasteiger charge is 2.25. The van der Waals surface area contributed by atoms with Crippen molar-refractivity contribution in [1.82, 2.24) is 20.1 Å². The quantitative estimate of drug-likeness (QED) is 0.208. The lowest BCUT2D eigenvalue weighted by Crippen LogP contribution is -2.41. The first-order valence-electron chi connectivity index (χ1n) is 14.0. The van der Waals surface area contributed by atoms with Gasteiger partial charge in [0.25, 0.3) is 5.56 Å². The van der Waals surface area contributed by atoms with Crippen LogP contribution in [0.5, 0.6) is 0 Å². The van der Waals surface area contributed by atoms with Crippen LogP contribution in [0.4, 0.5) is 16.3 Å². The number of H-pyrrole nitrogens is 1. The number of amides is 1. The lowest BCUT2D eigenvalue weighted by atomic mass is 9.86. The number of hydrogen-bond acceptors (Lipinski definition) is 6. The van der Waals surface area contributed by atoms with Gasteiger partial charge < -0.3 is 25.7 Å². The number of aromatic nitrogens is 3. The van der Waals surface area contributed by atoms with E-state index in [9.17, 15) is 9.59 Å². The van der Waals surface area contributed by atoms with Crippen LogP contribution in [-0.4, -0.2) is 39.0 Å². The molecular weight excluding hydrogens is 540 g/mol. The fourth-order valence-corrected chi connectivity index (χ4v) is 5.60. The van der Waals surface area contributed by atoms with Gasteiger partial charge in [0.15, 0.2) is 5.82 Å². The Morgan fingerprint density at radius 1 is 1.12 bits per heavy atom. The minimum Gasteiger partial charge on any atom is -0.444 e. The molecular formula is C31H37ClN6O3. The first-order valence-corrected chi connectivity index (χ1v) is 14.4. The third-order valence-electron chi connectivity index (χ3n) is 7.40. The van der Waals surface area contributed by atoms with Crippen LogP contribution in [0.15, 0.2) is 59.5 Å². The number of hydrogen-bond donors (Lipinski definition) is 4. The van der Waals surface area contributed by atoms with Gasteiger partial charge >= 0.3 is 6.09 Å². The number of rotatable bonds is 7. The highest BCUT2D eigenvalue weighted by atomic mass is 35.5. The third-order valence-corrected chi connectivity index (χ3v) is 7.63. The molecule has 0 unspecified atom stereocenters. The molecule has 1 aliphatic carbocycles. The fraction of sp³-hybridized carbons (Fsp3) is 0.387. The van der Waals surface area contributed by atoms with Crippen LogP contribution in [-0.2, 0) is 11.3 Å². The summed E-state index contributed by atoms with van der Waals surface area (Å²) in [4.78, 5) is 24.8. The highest BCUT2D eigenvalue weighted by molar-refractivity contribution is 6.30. The molecule has 5 rings (SSSR count). The molecule has 0 aliphatic heterocycles. The second kappa shape index (κ2) is 11.9. The summed E-state index contributed by atoms with van der Waals surface area (Å²) in [6.45, 7) is 6.79. The zero-order valence-corrected chi connectivity index (χ0v) is 24.4. The average molecular weight is 577 g/mol. The smallest absolute Gasteiger partial charge is 0.407 e. The Kier molecular flexibility index (Phi) is 8.26. The molecule has 0 bridgehead atoms. The molecule has 2 aromatic heterocycles. The number of fused-ring (bicyclic) bond motifs is 1. The van der Waals surface area contributed by atoms with E-state index in [0.29, 0.717) is 23.3 Å². The number of nitrogens with one attached hydrogen (secondary N) is 3. The maximum Gasteiger partial charge on any atom is 0.407 e. The van der Waals surface area contributed by atoms with Crippen molar-refractivity contribution in [2.24, 2.45) is 5.92 Å². The van der Waals surface area contributed by atoms with Gasteiger partial charge in [0.1, 0.15) is 5.60 Å². The predicted octanol–water partition coefficient (Wildman–Crippen LogP) is 6.17. The van der Waals surface area contributed by atoms with Gasteiger partial charge in [-0.1, -0.05) is 23.7 Å². The minimum atomic E-state index is -0.506. The van der Waals surface area contributed by atoms with Crippen LogP contribution in [0.2, 0.25) is 5.02 Å². The first kappa shape index (κ1) is 28.5. The van der Waals surface area contributed by atoms with Gasteiger partial charge in [-0.2, -0.15) is 5.10 Å². The van der Waals surface area contributed by atoms with Crippen LogP contribution in [0.25, 0.3) is 22.0 Å². The van der Waals surface area contributed by atoms with E-state index >= 15 is 0 Å².